The van der Waals surface area contributed by atoms with Gasteiger partial charge in [0.05, 0.1) is 11.6 Å². The van der Waals surface area contributed by atoms with Crippen molar-refractivity contribution in [3.63, 3.8) is 0 Å². The molecule has 0 heterocycles. The summed E-state index contributed by atoms with van der Waals surface area (Å²) in [4.78, 5) is 0. The van der Waals surface area contributed by atoms with Gasteiger partial charge in [0, 0.05) is 18.3 Å². The Morgan fingerprint density at radius 3 is 2.88 bits per heavy atom. The van der Waals surface area contributed by atoms with E-state index >= 15 is 0 Å². The Morgan fingerprint density at radius 2 is 2.25 bits per heavy atom. The molecule has 1 unspecified atom stereocenters. The summed E-state index contributed by atoms with van der Waals surface area (Å²) in [5.41, 5.74) is 6.85. The lowest BCUT2D eigenvalue weighted by molar-refractivity contribution is 0.616. The zero-order valence-electron chi connectivity index (χ0n) is 8.91. The first kappa shape index (κ1) is 10.9. The van der Waals surface area contributed by atoms with Crippen LogP contribution in [0.25, 0.3) is 0 Å². The van der Waals surface area contributed by atoms with Gasteiger partial charge in [-0.2, -0.15) is 5.26 Å². The molecule has 0 aliphatic heterocycles. The number of nitriles is 1. The van der Waals surface area contributed by atoms with Crippen LogP contribution in [0.3, 0.4) is 0 Å². The fourth-order valence-corrected chi connectivity index (χ4v) is 1.68. The molecule has 0 spiro atoms. The lowest BCUT2D eigenvalue weighted by Crippen LogP contribution is -2.31. The van der Waals surface area contributed by atoms with Crippen LogP contribution in [0.15, 0.2) is 18.2 Å². The van der Waals surface area contributed by atoms with Gasteiger partial charge in [0.25, 0.3) is 0 Å². The van der Waals surface area contributed by atoms with Gasteiger partial charge in [-0.25, -0.2) is 4.39 Å². The van der Waals surface area contributed by atoms with E-state index in [0.29, 0.717) is 23.7 Å². The Balaban J connectivity index is 1.98. The summed E-state index contributed by atoms with van der Waals surface area (Å²) in [5, 5.41) is 11.8. The zero-order valence-corrected chi connectivity index (χ0v) is 8.91. The molecule has 1 fully saturated rings. The highest BCUT2D eigenvalue weighted by atomic mass is 19.1. The normalized spacial score (nSPS) is 16.6. The van der Waals surface area contributed by atoms with Crippen LogP contribution < -0.4 is 11.1 Å². The lowest BCUT2D eigenvalue weighted by atomic mass is 10.1. The Morgan fingerprint density at radius 1 is 1.50 bits per heavy atom. The monoisotopic (exact) mass is 219 g/mol. The molecule has 0 aromatic heterocycles. The molecule has 84 valence electrons. The number of halogens is 1. The third-order valence-electron chi connectivity index (χ3n) is 2.80. The van der Waals surface area contributed by atoms with Crippen LogP contribution in [0.4, 0.5) is 10.1 Å². The second kappa shape index (κ2) is 4.50. The summed E-state index contributed by atoms with van der Waals surface area (Å²) in [6, 6.07) is 6.26. The van der Waals surface area contributed by atoms with Gasteiger partial charge in [-0.1, -0.05) is 0 Å². The number of nitrogens with zero attached hydrogens (tertiary/aromatic N) is 1. The van der Waals surface area contributed by atoms with Crippen LogP contribution >= 0.6 is 0 Å². The molecular weight excluding hydrogens is 205 g/mol. The molecular formula is C12H14FN3. The number of rotatable bonds is 4. The second-order valence-electron chi connectivity index (χ2n) is 4.22. The van der Waals surface area contributed by atoms with E-state index in [2.05, 4.69) is 5.32 Å². The van der Waals surface area contributed by atoms with Gasteiger partial charge in [-0.05, 0) is 37.0 Å². The first-order chi connectivity index (χ1) is 7.69. The zero-order chi connectivity index (χ0) is 11.5. The molecule has 4 heteroatoms. The smallest absolute Gasteiger partial charge is 0.126 e. The van der Waals surface area contributed by atoms with E-state index in [1.54, 1.807) is 6.07 Å². The molecule has 3 nitrogen and oxygen atoms in total. The van der Waals surface area contributed by atoms with E-state index in [-0.39, 0.29) is 6.04 Å². The van der Waals surface area contributed by atoms with Gasteiger partial charge in [-0.15, -0.1) is 0 Å². The third-order valence-corrected chi connectivity index (χ3v) is 2.80. The highest BCUT2D eigenvalue weighted by molar-refractivity contribution is 5.49. The van der Waals surface area contributed by atoms with E-state index in [0.717, 1.165) is 0 Å². The van der Waals surface area contributed by atoms with Crippen molar-refractivity contribution in [3.8, 4) is 6.07 Å². The Labute approximate surface area is 94.1 Å². The minimum Gasteiger partial charge on any atom is -0.383 e. The quantitative estimate of drug-likeness (QED) is 0.812. The Kier molecular flexibility index (Phi) is 3.07. The first-order valence-electron chi connectivity index (χ1n) is 5.39. The number of nitrogens with one attached hydrogen (secondary N) is 1. The molecule has 0 amide bonds. The second-order valence-corrected chi connectivity index (χ2v) is 4.22. The molecule has 0 saturated heterocycles. The van der Waals surface area contributed by atoms with Gasteiger partial charge in [0.2, 0.25) is 0 Å². The van der Waals surface area contributed by atoms with Crippen molar-refractivity contribution in [2.45, 2.75) is 18.9 Å². The van der Waals surface area contributed by atoms with Crippen molar-refractivity contribution >= 4 is 5.69 Å². The van der Waals surface area contributed by atoms with Crippen molar-refractivity contribution in [1.82, 2.24) is 0 Å². The summed E-state index contributed by atoms with van der Waals surface area (Å²) >= 11 is 0. The largest absolute Gasteiger partial charge is 0.383 e. The minimum absolute atomic E-state index is 0.119. The average Bonchev–Trinajstić information content (AvgIpc) is 3.08. The molecule has 16 heavy (non-hydrogen) atoms. The molecule has 1 aliphatic rings. The summed E-state index contributed by atoms with van der Waals surface area (Å²) in [6.07, 6.45) is 2.38. The van der Waals surface area contributed by atoms with E-state index < -0.39 is 5.82 Å². The fourth-order valence-electron chi connectivity index (χ4n) is 1.68. The number of anilines is 1. The molecule has 1 aliphatic carbocycles. The fraction of sp³-hybridized carbons (Fsp3) is 0.417. The van der Waals surface area contributed by atoms with Crippen LogP contribution in [0.2, 0.25) is 0 Å². The number of benzene rings is 1. The molecule has 3 N–H and O–H groups in total. The summed E-state index contributed by atoms with van der Waals surface area (Å²) < 4.78 is 13.1. The van der Waals surface area contributed by atoms with Crippen molar-refractivity contribution in [1.29, 1.82) is 5.26 Å². The van der Waals surface area contributed by atoms with Gasteiger partial charge in [0.15, 0.2) is 0 Å². The van der Waals surface area contributed by atoms with Gasteiger partial charge in [-0.3, -0.25) is 0 Å². The first-order valence-corrected chi connectivity index (χ1v) is 5.39. The maximum absolute atomic E-state index is 13.1. The summed E-state index contributed by atoms with van der Waals surface area (Å²) in [6.45, 7) is 0.624. The van der Waals surface area contributed by atoms with Crippen LogP contribution in [0.1, 0.15) is 18.4 Å². The van der Waals surface area contributed by atoms with Gasteiger partial charge >= 0.3 is 0 Å². The van der Waals surface area contributed by atoms with E-state index in [1.807, 2.05) is 6.07 Å². The molecule has 1 atom stereocenters. The van der Waals surface area contributed by atoms with Crippen molar-refractivity contribution in [2.75, 3.05) is 11.9 Å². The van der Waals surface area contributed by atoms with Crippen molar-refractivity contribution in [3.05, 3.63) is 29.6 Å². The van der Waals surface area contributed by atoms with Crippen LogP contribution in [0, 0.1) is 23.1 Å². The number of hydrogen-bond donors (Lipinski definition) is 2. The topological polar surface area (TPSA) is 61.8 Å². The molecule has 1 aromatic carbocycles. The highest BCUT2D eigenvalue weighted by Crippen LogP contribution is 2.31. The average molecular weight is 219 g/mol. The van der Waals surface area contributed by atoms with Crippen LogP contribution in [0.5, 0.6) is 0 Å². The molecule has 0 radical (unpaired) electrons. The maximum Gasteiger partial charge on any atom is 0.126 e. The van der Waals surface area contributed by atoms with E-state index in [1.165, 1.54) is 25.0 Å². The number of nitrogens with two attached hydrogens (primary N) is 1. The predicted octanol–water partition coefficient (Wildman–Crippen LogP) is 1.85. The van der Waals surface area contributed by atoms with Crippen molar-refractivity contribution < 1.29 is 4.39 Å². The molecule has 2 rings (SSSR count). The predicted molar refractivity (Wildman–Crippen MR) is 60.3 cm³/mol. The third kappa shape index (κ3) is 2.71. The maximum atomic E-state index is 13.1. The standard InChI is InChI=1S/C12H14FN3/c13-10-3-8(6-14)4-11(5-10)16-7-12(15)9-1-2-9/h3-5,9,12,16H,1-2,7,15H2. The van der Waals surface area contributed by atoms with Crippen LogP contribution in [-0.4, -0.2) is 12.6 Å². The van der Waals surface area contributed by atoms with Gasteiger partial charge < -0.3 is 11.1 Å². The summed E-state index contributed by atoms with van der Waals surface area (Å²) in [5.74, 6) is 0.207. The SMILES string of the molecule is N#Cc1cc(F)cc(NCC(N)C2CC2)c1. The molecule has 0 bridgehead atoms. The molecule has 1 aromatic rings. The van der Waals surface area contributed by atoms with E-state index in [9.17, 15) is 4.39 Å². The Bertz CT molecular complexity index is 421. The number of hydrogen-bond acceptors (Lipinski definition) is 3. The lowest BCUT2D eigenvalue weighted by Gasteiger charge is -2.12. The summed E-state index contributed by atoms with van der Waals surface area (Å²) in [7, 11) is 0. The molecule has 1 saturated carbocycles. The minimum atomic E-state index is -0.401. The van der Waals surface area contributed by atoms with E-state index in [4.69, 9.17) is 11.0 Å². The highest BCUT2D eigenvalue weighted by Gasteiger charge is 2.27. The van der Waals surface area contributed by atoms with Crippen LogP contribution in [-0.2, 0) is 0 Å². The Hall–Kier alpha value is -1.60. The van der Waals surface area contributed by atoms with Crippen molar-refractivity contribution in [2.24, 2.45) is 11.7 Å². The van der Waals surface area contributed by atoms with Gasteiger partial charge in [0.1, 0.15) is 5.82 Å².